The minimum absolute atomic E-state index is 0.306. The molecule has 0 amide bonds. The molecular weight excluding hydrogens is 256 g/mol. The second-order valence-electron chi connectivity index (χ2n) is 4.36. The minimum atomic E-state index is -0.931. The zero-order chi connectivity index (χ0) is 14.7. The number of rotatable bonds is 5. The highest BCUT2D eigenvalue weighted by Crippen LogP contribution is 2.26. The Bertz CT molecular complexity index is 632. The van der Waals surface area contributed by atoms with Crippen LogP contribution in [0.4, 0.5) is 0 Å². The van der Waals surface area contributed by atoms with Gasteiger partial charge in [0.15, 0.2) is 0 Å². The number of ether oxygens (including phenoxy) is 1. The lowest BCUT2D eigenvalue weighted by atomic mass is 10.1. The lowest BCUT2D eigenvalue weighted by Gasteiger charge is -2.10. The number of aromatic carboxylic acids is 1. The first-order valence-corrected chi connectivity index (χ1v) is 6.61. The molecule has 2 aromatic rings. The van der Waals surface area contributed by atoms with E-state index in [9.17, 15) is 9.90 Å². The fraction of sp³-hybridized carbons (Fsp3) is 0.333. The Kier molecular flexibility index (Phi) is 4.08. The molecule has 0 fully saturated rings. The number of benzene rings is 1. The van der Waals surface area contributed by atoms with Gasteiger partial charge in [-0.15, -0.1) is 0 Å². The Morgan fingerprint density at radius 3 is 2.55 bits per heavy atom. The van der Waals surface area contributed by atoms with Crippen molar-refractivity contribution in [2.75, 3.05) is 7.11 Å². The molecule has 106 valence electrons. The van der Waals surface area contributed by atoms with Crippen LogP contribution in [0.15, 0.2) is 24.3 Å². The molecule has 5 nitrogen and oxygen atoms in total. The molecule has 0 unspecified atom stereocenters. The SMILES string of the molecule is CCc1nn(-c2ccccc2OC)c(CC)c1C(=O)O. The molecule has 0 saturated carbocycles. The number of carboxylic acids is 1. The average molecular weight is 274 g/mol. The number of carbonyl (C=O) groups is 1. The third kappa shape index (κ3) is 2.27. The van der Waals surface area contributed by atoms with E-state index in [1.165, 1.54) is 0 Å². The van der Waals surface area contributed by atoms with Crippen molar-refractivity contribution in [1.82, 2.24) is 9.78 Å². The van der Waals surface area contributed by atoms with Gasteiger partial charge < -0.3 is 9.84 Å². The summed E-state index contributed by atoms with van der Waals surface area (Å²) in [5, 5.41) is 13.9. The molecule has 0 atom stereocenters. The fourth-order valence-electron chi connectivity index (χ4n) is 2.33. The van der Waals surface area contributed by atoms with Crippen LogP contribution in [-0.2, 0) is 12.8 Å². The van der Waals surface area contributed by atoms with Crippen LogP contribution in [-0.4, -0.2) is 28.0 Å². The third-order valence-corrected chi connectivity index (χ3v) is 3.25. The number of para-hydroxylation sites is 2. The monoisotopic (exact) mass is 274 g/mol. The number of hydrogen-bond acceptors (Lipinski definition) is 3. The van der Waals surface area contributed by atoms with E-state index in [2.05, 4.69) is 5.10 Å². The molecule has 0 saturated heterocycles. The summed E-state index contributed by atoms with van der Waals surface area (Å²) in [6.45, 7) is 3.83. The van der Waals surface area contributed by atoms with Gasteiger partial charge in [-0.2, -0.15) is 5.10 Å². The molecule has 2 rings (SSSR count). The summed E-state index contributed by atoms with van der Waals surface area (Å²) < 4.78 is 7.02. The Hall–Kier alpha value is -2.30. The number of aryl methyl sites for hydroxylation is 1. The van der Waals surface area contributed by atoms with Gasteiger partial charge >= 0.3 is 5.97 Å². The van der Waals surface area contributed by atoms with Gasteiger partial charge in [-0.05, 0) is 25.0 Å². The predicted octanol–water partition coefficient (Wildman–Crippen LogP) is 2.70. The fourth-order valence-corrected chi connectivity index (χ4v) is 2.33. The summed E-state index contributed by atoms with van der Waals surface area (Å²) in [6.07, 6.45) is 1.17. The van der Waals surface area contributed by atoms with Crippen LogP contribution in [0.3, 0.4) is 0 Å². The molecule has 0 aliphatic carbocycles. The number of hydrogen-bond donors (Lipinski definition) is 1. The first-order valence-electron chi connectivity index (χ1n) is 6.61. The highest BCUT2D eigenvalue weighted by molar-refractivity contribution is 5.90. The van der Waals surface area contributed by atoms with Gasteiger partial charge in [0, 0.05) is 0 Å². The first kappa shape index (κ1) is 14.1. The molecule has 1 aromatic carbocycles. The molecule has 0 radical (unpaired) electrons. The molecule has 20 heavy (non-hydrogen) atoms. The largest absolute Gasteiger partial charge is 0.494 e. The van der Waals surface area contributed by atoms with Crippen molar-refractivity contribution < 1.29 is 14.6 Å². The van der Waals surface area contributed by atoms with Gasteiger partial charge in [0.05, 0.1) is 18.5 Å². The highest BCUT2D eigenvalue weighted by atomic mass is 16.5. The van der Waals surface area contributed by atoms with Crippen LogP contribution in [0.1, 0.15) is 35.6 Å². The summed E-state index contributed by atoms with van der Waals surface area (Å²) in [6, 6.07) is 7.46. The van der Waals surface area contributed by atoms with Gasteiger partial charge in [-0.1, -0.05) is 26.0 Å². The summed E-state index contributed by atoms with van der Waals surface area (Å²) >= 11 is 0. The second-order valence-corrected chi connectivity index (χ2v) is 4.36. The van der Waals surface area contributed by atoms with Crippen molar-refractivity contribution in [3.05, 3.63) is 41.2 Å². The lowest BCUT2D eigenvalue weighted by Crippen LogP contribution is -2.07. The third-order valence-electron chi connectivity index (χ3n) is 3.25. The zero-order valence-electron chi connectivity index (χ0n) is 11.9. The maximum absolute atomic E-state index is 11.5. The van der Waals surface area contributed by atoms with E-state index in [0.717, 1.165) is 5.69 Å². The van der Waals surface area contributed by atoms with Crippen molar-refractivity contribution in [1.29, 1.82) is 0 Å². The second kappa shape index (κ2) is 5.77. The summed E-state index contributed by atoms with van der Waals surface area (Å²) in [5.74, 6) is -0.260. The maximum Gasteiger partial charge on any atom is 0.339 e. The van der Waals surface area contributed by atoms with Crippen molar-refractivity contribution in [3.8, 4) is 11.4 Å². The summed E-state index contributed by atoms with van der Waals surface area (Å²) in [5.41, 5.74) is 2.36. The van der Waals surface area contributed by atoms with Gasteiger partial charge in [0.2, 0.25) is 0 Å². The van der Waals surface area contributed by atoms with Crippen LogP contribution in [0, 0.1) is 0 Å². The standard InChI is InChI=1S/C15H18N2O3/c1-4-10-14(15(18)19)11(5-2)17(16-10)12-8-6-7-9-13(12)20-3/h6-9H,4-5H2,1-3H3,(H,18,19). The molecule has 1 aromatic heterocycles. The first-order chi connectivity index (χ1) is 9.63. The van der Waals surface area contributed by atoms with Crippen molar-refractivity contribution in [3.63, 3.8) is 0 Å². The van der Waals surface area contributed by atoms with E-state index in [1.807, 2.05) is 38.1 Å². The Morgan fingerprint density at radius 1 is 1.30 bits per heavy atom. The van der Waals surface area contributed by atoms with Gasteiger partial charge in [-0.25, -0.2) is 9.48 Å². The molecular formula is C15H18N2O3. The Balaban J connectivity index is 2.71. The van der Waals surface area contributed by atoms with Crippen molar-refractivity contribution in [2.45, 2.75) is 26.7 Å². The zero-order valence-corrected chi connectivity index (χ0v) is 11.9. The Labute approximate surface area is 117 Å². The number of carboxylic acid groups (broad SMARTS) is 1. The predicted molar refractivity (Wildman–Crippen MR) is 75.8 cm³/mol. The maximum atomic E-state index is 11.5. The lowest BCUT2D eigenvalue weighted by molar-refractivity contribution is 0.0694. The molecule has 5 heteroatoms. The van der Waals surface area contributed by atoms with Crippen LogP contribution >= 0.6 is 0 Å². The molecule has 0 aliphatic rings. The van der Waals surface area contributed by atoms with Crippen molar-refractivity contribution >= 4 is 5.97 Å². The van der Waals surface area contributed by atoms with E-state index in [4.69, 9.17) is 4.74 Å². The normalized spacial score (nSPS) is 10.6. The topological polar surface area (TPSA) is 64.4 Å². The average Bonchev–Trinajstić information content (AvgIpc) is 2.85. The quantitative estimate of drug-likeness (QED) is 0.910. The van der Waals surface area contributed by atoms with Crippen LogP contribution < -0.4 is 4.74 Å². The van der Waals surface area contributed by atoms with E-state index < -0.39 is 5.97 Å². The van der Waals surface area contributed by atoms with Gasteiger partial charge in [0.25, 0.3) is 0 Å². The Morgan fingerprint density at radius 2 is 2.00 bits per heavy atom. The summed E-state index contributed by atoms with van der Waals surface area (Å²) in [4.78, 5) is 11.5. The van der Waals surface area contributed by atoms with E-state index in [-0.39, 0.29) is 0 Å². The molecule has 0 aliphatic heterocycles. The molecule has 1 N–H and O–H groups in total. The van der Waals surface area contributed by atoms with Crippen LogP contribution in [0.25, 0.3) is 5.69 Å². The summed E-state index contributed by atoms with van der Waals surface area (Å²) in [7, 11) is 1.59. The smallest absolute Gasteiger partial charge is 0.339 e. The highest BCUT2D eigenvalue weighted by Gasteiger charge is 2.23. The van der Waals surface area contributed by atoms with Crippen molar-refractivity contribution in [2.24, 2.45) is 0 Å². The van der Waals surface area contributed by atoms with E-state index in [0.29, 0.717) is 35.5 Å². The minimum Gasteiger partial charge on any atom is -0.494 e. The van der Waals surface area contributed by atoms with Crippen LogP contribution in [0.5, 0.6) is 5.75 Å². The molecule has 0 spiro atoms. The van der Waals surface area contributed by atoms with Gasteiger partial charge in [0.1, 0.15) is 17.0 Å². The number of aromatic nitrogens is 2. The van der Waals surface area contributed by atoms with E-state index >= 15 is 0 Å². The number of methoxy groups -OCH3 is 1. The molecule has 1 heterocycles. The van der Waals surface area contributed by atoms with Gasteiger partial charge in [-0.3, -0.25) is 0 Å². The van der Waals surface area contributed by atoms with Crippen LogP contribution in [0.2, 0.25) is 0 Å². The van der Waals surface area contributed by atoms with E-state index in [1.54, 1.807) is 11.8 Å². The molecule has 0 bridgehead atoms. The number of nitrogens with zero attached hydrogens (tertiary/aromatic N) is 2.